The summed E-state index contributed by atoms with van der Waals surface area (Å²) in [6.07, 6.45) is -5.57. The second kappa shape index (κ2) is 4.53. The van der Waals surface area contributed by atoms with E-state index in [0.717, 1.165) is 0 Å². The number of carbonyl (C=O) groups is 1. The lowest BCUT2D eigenvalue weighted by atomic mass is 10.1. The Morgan fingerprint density at radius 1 is 1.20 bits per heavy atom. The molecule has 1 nitrogen and oxygen atoms in total. The fourth-order valence-electron chi connectivity index (χ4n) is 0.972. The Morgan fingerprint density at radius 3 is 2.20 bits per heavy atom. The molecule has 0 aliphatic rings. The fourth-order valence-corrected chi connectivity index (χ4v) is 1.24. The van der Waals surface area contributed by atoms with E-state index in [1.54, 1.807) is 30.3 Å². The van der Waals surface area contributed by atoms with E-state index in [1.807, 2.05) is 0 Å². The molecule has 0 aliphatic heterocycles. The Kier molecular flexibility index (Phi) is 3.57. The predicted octanol–water partition coefficient (Wildman–Crippen LogP) is 2.93. The Bertz CT molecular complexity index is 370. The first-order valence-electron chi connectivity index (χ1n) is 4.09. The molecule has 0 radical (unpaired) electrons. The lowest BCUT2D eigenvalue weighted by Crippen LogP contribution is -2.24. The maximum absolute atomic E-state index is 11.9. The smallest absolute Gasteiger partial charge is 0.289 e. The molecule has 0 saturated carbocycles. The largest absolute Gasteiger partial charge is 0.450 e. The average molecular weight is 232 g/mol. The van der Waals surface area contributed by atoms with Gasteiger partial charge in [0.15, 0.2) is 0 Å². The number of halogens is 3. The summed E-state index contributed by atoms with van der Waals surface area (Å²) in [5, 5.41) is 0. The van der Waals surface area contributed by atoms with E-state index in [9.17, 15) is 18.0 Å². The van der Waals surface area contributed by atoms with E-state index >= 15 is 0 Å². The molecule has 1 aromatic carbocycles. The molecule has 0 atom stereocenters. The highest BCUT2D eigenvalue weighted by atomic mass is 32.1. The molecule has 0 amide bonds. The summed E-state index contributed by atoms with van der Waals surface area (Å²) >= 11 is 4.74. The monoisotopic (exact) mass is 232 g/mol. The van der Waals surface area contributed by atoms with Gasteiger partial charge in [0.2, 0.25) is 5.78 Å². The Labute approximate surface area is 89.9 Å². The molecular weight excluding hydrogens is 225 g/mol. The molecule has 1 aromatic rings. The summed E-state index contributed by atoms with van der Waals surface area (Å²) < 4.78 is 35.7. The van der Waals surface area contributed by atoms with Crippen LogP contribution in [0.15, 0.2) is 30.3 Å². The first-order chi connectivity index (χ1) is 6.91. The van der Waals surface area contributed by atoms with E-state index < -0.39 is 18.4 Å². The summed E-state index contributed by atoms with van der Waals surface area (Å²) in [6, 6.07) is 8.18. The molecule has 15 heavy (non-hydrogen) atoms. The van der Waals surface area contributed by atoms with Crippen molar-refractivity contribution < 1.29 is 18.0 Å². The van der Waals surface area contributed by atoms with Crippen LogP contribution in [0.4, 0.5) is 13.2 Å². The highest BCUT2D eigenvalue weighted by molar-refractivity contribution is 7.80. The number of hydrogen-bond donors (Lipinski definition) is 0. The average Bonchev–Trinajstić information content (AvgIpc) is 2.17. The lowest BCUT2D eigenvalue weighted by Gasteiger charge is -2.06. The number of thiocarbonyl (C=S) groups is 1. The van der Waals surface area contributed by atoms with Crippen molar-refractivity contribution in [3.63, 3.8) is 0 Å². The molecule has 0 aromatic heterocycles. The first kappa shape index (κ1) is 11.8. The third kappa shape index (κ3) is 3.43. The molecule has 0 fully saturated rings. The van der Waals surface area contributed by atoms with Gasteiger partial charge in [0.1, 0.15) is 0 Å². The normalized spacial score (nSPS) is 11.1. The SMILES string of the molecule is O=C(CC(=S)c1ccccc1)C(F)(F)F. The second-order valence-electron chi connectivity index (χ2n) is 2.89. The van der Waals surface area contributed by atoms with Crippen LogP contribution in [0, 0.1) is 0 Å². The first-order valence-corrected chi connectivity index (χ1v) is 4.50. The van der Waals surface area contributed by atoms with E-state index in [-0.39, 0.29) is 4.86 Å². The molecule has 5 heteroatoms. The van der Waals surface area contributed by atoms with E-state index in [1.165, 1.54) is 0 Å². The van der Waals surface area contributed by atoms with Crippen molar-refractivity contribution in [1.82, 2.24) is 0 Å². The van der Waals surface area contributed by atoms with Gasteiger partial charge in [0, 0.05) is 4.86 Å². The predicted molar refractivity (Wildman–Crippen MR) is 53.8 cm³/mol. The van der Waals surface area contributed by atoms with Crippen LogP contribution in [-0.4, -0.2) is 16.8 Å². The third-order valence-corrected chi connectivity index (χ3v) is 2.11. The molecule has 0 saturated heterocycles. The quantitative estimate of drug-likeness (QED) is 0.588. The zero-order chi connectivity index (χ0) is 11.5. The van der Waals surface area contributed by atoms with Crippen LogP contribution in [0.1, 0.15) is 12.0 Å². The summed E-state index contributed by atoms with van der Waals surface area (Å²) in [4.78, 5) is 10.6. The Morgan fingerprint density at radius 2 is 1.73 bits per heavy atom. The topological polar surface area (TPSA) is 17.1 Å². The third-order valence-electron chi connectivity index (χ3n) is 1.73. The maximum Gasteiger partial charge on any atom is 0.450 e. The van der Waals surface area contributed by atoms with Crippen molar-refractivity contribution in [1.29, 1.82) is 0 Å². The van der Waals surface area contributed by atoms with Crippen molar-refractivity contribution in [3.05, 3.63) is 35.9 Å². The van der Waals surface area contributed by atoms with Gasteiger partial charge in [-0.15, -0.1) is 0 Å². The Balaban J connectivity index is 2.70. The van der Waals surface area contributed by atoms with Crippen LogP contribution in [0.25, 0.3) is 0 Å². The van der Waals surface area contributed by atoms with Crippen LogP contribution in [0.3, 0.4) is 0 Å². The zero-order valence-electron chi connectivity index (χ0n) is 7.54. The van der Waals surface area contributed by atoms with Crippen molar-refractivity contribution >= 4 is 22.9 Å². The minimum atomic E-state index is -4.81. The number of ketones is 1. The molecular formula is C10H7F3OS. The summed E-state index contributed by atoms with van der Waals surface area (Å²) in [6.45, 7) is 0. The molecule has 0 aliphatic carbocycles. The molecule has 0 N–H and O–H groups in total. The van der Waals surface area contributed by atoms with Crippen LogP contribution in [-0.2, 0) is 4.79 Å². The van der Waals surface area contributed by atoms with E-state index in [2.05, 4.69) is 0 Å². The molecule has 0 bridgehead atoms. The number of carbonyl (C=O) groups excluding carboxylic acids is 1. The molecule has 1 rings (SSSR count). The lowest BCUT2D eigenvalue weighted by molar-refractivity contribution is -0.169. The summed E-state index contributed by atoms with van der Waals surface area (Å²) in [5.74, 6) is -1.81. The van der Waals surface area contributed by atoms with Gasteiger partial charge in [-0.1, -0.05) is 42.5 Å². The van der Waals surface area contributed by atoms with Gasteiger partial charge in [-0.2, -0.15) is 13.2 Å². The van der Waals surface area contributed by atoms with Gasteiger partial charge in [-0.3, -0.25) is 4.79 Å². The summed E-state index contributed by atoms with van der Waals surface area (Å²) in [5.41, 5.74) is 0.477. The van der Waals surface area contributed by atoms with Gasteiger partial charge < -0.3 is 0 Å². The van der Waals surface area contributed by atoms with E-state index in [0.29, 0.717) is 5.56 Å². The van der Waals surface area contributed by atoms with Gasteiger partial charge in [-0.25, -0.2) is 0 Å². The van der Waals surface area contributed by atoms with Crippen LogP contribution in [0.5, 0.6) is 0 Å². The van der Waals surface area contributed by atoms with Crippen LogP contribution in [0.2, 0.25) is 0 Å². The molecule has 80 valence electrons. The number of hydrogen-bond acceptors (Lipinski definition) is 2. The second-order valence-corrected chi connectivity index (χ2v) is 3.38. The number of alkyl halides is 3. The zero-order valence-corrected chi connectivity index (χ0v) is 8.36. The van der Waals surface area contributed by atoms with Gasteiger partial charge in [0.25, 0.3) is 0 Å². The van der Waals surface area contributed by atoms with Gasteiger partial charge in [-0.05, 0) is 5.56 Å². The van der Waals surface area contributed by atoms with Crippen LogP contribution < -0.4 is 0 Å². The van der Waals surface area contributed by atoms with E-state index in [4.69, 9.17) is 12.2 Å². The van der Waals surface area contributed by atoms with Crippen LogP contribution >= 0.6 is 12.2 Å². The van der Waals surface area contributed by atoms with Crippen molar-refractivity contribution in [2.45, 2.75) is 12.6 Å². The van der Waals surface area contributed by atoms with Crippen molar-refractivity contribution in [3.8, 4) is 0 Å². The standard InChI is InChI=1S/C10H7F3OS/c11-10(12,13)9(14)6-8(15)7-4-2-1-3-5-7/h1-5H,6H2. The summed E-state index contributed by atoms with van der Waals surface area (Å²) in [7, 11) is 0. The minimum absolute atomic E-state index is 0.0120. The highest BCUT2D eigenvalue weighted by Gasteiger charge is 2.38. The highest BCUT2D eigenvalue weighted by Crippen LogP contribution is 2.19. The van der Waals surface area contributed by atoms with Gasteiger partial charge in [0.05, 0.1) is 6.42 Å². The number of rotatable bonds is 3. The maximum atomic E-state index is 11.9. The van der Waals surface area contributed by atoms with Crippen molar-refractivity contribution in [2.75, 3.05) is 0 Å². The minimum Gasteiger partial charge on any atom is -0.289 e. The van der Waals surface area contributed by atoms with Gasteiger partial charge >= 0.3 is 6.18 Å². The molecule has 0 heterocycles. The Hall–Kier alpha value is -1.23. The molecule has 0 unspecified atom stereocenters. The number of Topliss-reactive ketones (excluding diaryl/α,β-unsaturated/α-hetero) is 1. The van der Waals surface area contributed by atoms with Crippen molar-refractivity contribution in [2.24, 2.45) is 0 Å². The number of benzene rings is 1. The molecule has 0 spiro atoms. The fraction of sp³-hybridized carbons (Fsp3) is 0.200.